The first-order valence-corrected chi connectivity index (χ1v) is 20.0. The smallest absolute Gasteiger partial charge is 0.336 e. The number of halogens is 2. The van der Waals surface area contributed by atoms with E-state index < -0.39 is 29.4 Å². The van der Waals surface area contributed by atoms with Crippen LogP contribution >= 0.6 is 23.2 Å². The van der Waals surface area contributed by atoms with Gasteiger partial charge in [0.2, 0.25) is 0 Å². The molecule has 0 aliphatic carbocycles. The Hall–Kier alpha value is -5.87. The zero-order valence-corrected chi connectivity index (χ0v) is 34.6. The number of carbonyl (C=O) groups is 3. The number of esters is 3. The number of hydrogen-bond acceptors (Lipinski definition) is 9. The Morgan fingerprint density at radius 3 is 1.66 bits per heavy atom. The van der Waals surface area contributed by atoms with Crippen molar-refractivity contribution in [2.75, 3.05) is 34.5 Å². The molecule has 5 aromatic carbocycles. The number of rotatable bonds is 17. The van der Waals surface area contributed by atoms with Gasteiger partial charge in [-0.2, -0.15) is 0 Å². The van der Waals surface area contributed by atoms with Crippen molar-refractivity contribution in [3.8, 4) is 5.75 Å². The molecule has 0 spiro atoms. The summed E-state index contributed by atoms with van der Waals surface area (Å²) >= 11 is 13.5. The fraction of sp³-hybridized carbons (Fsp3) is 0.229. The van der Waals surface area contributed by atoms with Crippen molar-refractivity contribution in [1.82, 2.24) is 10.6 Å². The summed E-state index contributed by atoms with van der Waals surface area (Å²) in [4.78, 5) is 40.0. The molecule has 1 aliphatic heterocycles. The maximum absolute atomic E-state index is 13.7. The lowest BCUT2D eigenvalue weighted by atomic mass is 9.77. The maximum Gasteiger partial charge on any atom is 0.336 e. The molecule has 0 radical (unpaired) electrons. The molecule has 304 valence electrons. The Morgan fingerprint density at radius 2 is 1.14 bits per heavy atom. The Bertz CT molecular complexity index is 2200. The number of hydrogen-bond donors (Lipinski definition) is 2. The van der Waals surface area contributed by atoms with Crippen molar-refractivity contribution in [2.24, 2.45) is 0 Å². The third-order valence-electron chi connectivity index (χ3n) is 10.4. The third kappa shape index (κ3) is 9.55. The highest BCUT2D eigenvalue weighted by Gasteiger charge is 2.42. The van der Waals surface area contributed by atoms with Crippen LogP contribution in [0.3, 0.4) is 0 Å². The molecule has 0 bridgehead atoms. The lowest BCUT2D eigenvalue weighted by molar-refractivity contribution is -0.139. The minimum Gasteiger partial charge on any atom is -0.493 e. The second-order valence-corrected chi connectivity index (χ2v) is 14.6. The average Bonchev–Trinajstić information content (AvgIpc) is 3.27. The molecule has 1 aliphatic rings. The van der Waals surface area contributed by atoms with E-state index in [2.05, 4.69) is 83.4 Å². The van der Waals surface area contributed by atoms with Crippen LogP contribution in [0.25, 0.3) is 0 Å². The van der Waals surface area contributed by atoms with Gasteiger partial charge in [0.1, 0.15) is 5.75 Å². The lowest BCUT2D eigenvalue weighted by Gasteiger charge is -2.37. The molecule has 0 amide bonds. The average molecular weight is 834 g/mol. The van der Waals surface area contributed by atoms with Crippen molar-refractivity contribution in [2.45, 2.75) is 37.1 Å². The molecule has 1 heterocycles. The van der Waals surface area contributed by atoms with Gasteiger partial charge in [-0.05, 0) is 66.3 Å². The van der Waals surface area contributed by atoms with Gasteiger partial charge in [0.05, 0.1) is 57.0 Å². The van der Waals surface area contributed by atoms with Crippen LogP contribution in [0.1, 0.15) is 53.0 Å². The van der Waals surface area contributed by atoms with Crippen LogP contribution in [0.15, 0.2) is 156 Å². The minimum absolute atomic E-state index is 0.00907. The van der Waals surface area contributed by atoms with Crippen molar-refractivity contribution < 1.29 is 33.3 Å². The molecule has 0 aromatic heterocycles. The number of para-hydroxylation sites is 1. The summed E-state index contributed by atoms with van der Waals surface area (Å²) in [6.45, 7) is 1.07. The first-order valence-electron chi connectivity index (χ1n) is 19.3. The van der Waals surface area contributed by atoms with Gasteiger partial charge in [-0.15, -0.1) is 0 Å². The van der Waals surface area contributed by atoms with Crippen LogP contribution in [0.4, 0.5) is 0 Å². The van der Waals surface area contributed by atoms with Crippen LogP contribution in [-0.2, 0) is 40.6 Å². The summed E-state index contributed by atoms with van der Waals surface area (Å²) in [6.07, 6.45) is 1.06. The molecule has 2 N–H and O–H groups in total. The molecule has 0 saturated carbocycles. The Labute approximate surface area is 354 Å². The first-order chi connectivity index (χ1) is 28.7. The van der Waals surface area contributed by atoms with E-state index >= 15 is 0 Å². The van der Waals surface area contributed by atoms with E-state index in [1.165, 1.54) is 21.3 Å². The minimum atomic E-state index is -1.12. The predicted octanol–water partition coefficient (Wildman–Crippen LogP) is 9.08. The normalized spacial score (nSPS) is 14.0. The number of ether oxygens (including phenoxy) is 4. The molecule has 9 nitrogen and oxygen atoms in total. The van der Waals surface area contributed by atoms with Crippen LogP contribution in [0.2, 0.25) is 10.0 Å². The second kappa shape index (κ2) is 20.2. The van der Waals surface area contributed by atoms with Crippen LogP contribution in [0.5, 0.6) is 5.75 Å². The lowest BCUT2D eigenvalue weighted by Crippen LogP contribution is -2.45. The molecular formula is C48H46Cl2N2O7. The van der Waals surface area contributed by atoms with Crippen molar-refractivity contribution in [3.63, 3.8) is 0 Å². The number of benzene rings is 5. The predicted molar refractivity (Wildman–Crippen MR) is 229 cm³/mol. The first kappa shape index (κ1) is 42.7. The highest BCUT2D eigenvalue weighted by atomic mass is 35.5. The summed E-state index contributed by atoms with van der Waals surface area (Å²) < 4.78 is 21.9. The van der Waals surface area contributed by atoms with Gasteiger partial charge in [-0.1, -0.05) is 138 Å². The van der Waals surface area contributed by atoms with Gasteiger partial charge in [0.25, 0.3) is 0 Å². The SMILES string of the molecule is COC(=O)CC1=C(C(=O)OC)C(c2c(Cl)cccc2Cl)C(C(=O)OC)=C(CCc2ccccc2OCCCNC(c2ccccc2)(c2ccccc2)c2ccccc2)N1. The maximum atomic E-state index is 13.7. The van der Waals surface area contributed by atoms with Gasteiger partial charge in [-0.25, -0.2) is 9.59 Å². The topological polar surface area (TPSA) is 112 Å². The van der Waals surface area contributed by atoms with Crippen LogP contribution in [0, 0.1) is 0 Å². The zero-order valence-electron chi connectivity index (χ0n) is 33.1. The van der Waals surface area contributed by atoms with Gasteiger partial charge < -0.3 is 24.3 Å². The van der Waals surface area contributed by atoms with E-state index in [9.17, 15) is 14.4 Å². The summed E-state index contributed by atoms with van der Waals surface area (Å²) in [6, 6.07) is 43.9. The zero-order chi connectivity index (χ0) is 41.8. The van der Waals surface area contributed by atoms with E-state index in [-0.39, 0.29) is 39.7 Å². The van der Waals surface area contributed by atoms with E-state index in [1.54, 1.807) is 18.2 Å². The summed E-state index contributed by atoms with van der Waals surface area (Å²) in [7, 11) is 3.72. The van der Waals surface area contributed by atoms with Gasteiger partial charge in [0.15, 0.2) is 0 Å². The van der Waals surface area contributed by atoms with Crippen molar-refractivity contribution >= 4 is 41.1 Å². The quantitative estimate of drug-likeness (QED) is 0.0410. The van der Waals surface area contributed by atoms with E-state index in [0.717, 1.165) is 22.3 Å². The van der Waals surface area contributed by atoms with E-state index in [1.807, 2.05) is 42.5 Å². The molecule has 0 fully saturated rings. The Kier molecular flexibility index (Phi) is 14.6. The van der Waals surface area contributed by atoms with E-state index in [4.69, 9.17) is 42.1 Å². The molecule has 1 atom stereocenters. The van der Waals surface area contributed by atoms with Crippen molar-refractivity contribution in [3.05, 3.63) is 194 Å². The third-order valence-corrected chi connectivity index (χ3v) is 11.0. The van der Waals surface area contributed by atoms with E-state index in [0.29, 0.717) is 43.0 Å². The molecule has 6 rings (SSSR count). The van der Waals surface area contributed by atoms with Crippen molar-refractivity contribution in [1.29, 1.82) is 0 Å². The number of allylic oxidation sites excluding steroid dienone is 1. The molecule has 5 aromatic rings. The summed E-state index contributed by atoms with van der Waals surface area (Å²) in [5.74, 6) is -2.53. The standard InChI is InChI=1S/C48H46Cl2N2O7/c1-56-41(53)31-39-44(47(55)58-3)45(42-36(49)24-15-25-37(42)50)43(46(54)57-2)38(52-39)28-27-32-17-13-14-26-40(32)59-30-16-29-51-48(33-18-7-4-8-19-33,34-20-9-5-10-21-34)35-22-11-6-12-23-35/h4-15,17-26,45,51-52H,16,27-31H2,1-3H3. The van der Waals surface area contributed by atoms with Gasteiger partial charge in [0, 0.05) is 27.0 Å². The van der Waals surface area contributed by atoms with Gasteiger partial charge in [-0.3, -0.25) is 10.1 Å². The second-order valence-electron chi connectivity index (χ2n) is 13.8. The number of carbonyl (C=O) groups excluding carboxylic acids is 3. The summed E-state index contributed by atoms with van der Waals surface area (Å²) in [5.41, 5.74) is 4.69. The number of dihydropyridines is 1. The highest BCUT2D eigenvalue weighted by Crippen LogP contribution is 2.46. The van der Waals surface area contributed by atoms with Crippen LogP contribution < -0.4 is 15.4 Å². The number of nitrogens with one attached hydrogen (secondary N) is 2. The molecule has 11 heteroatoms. The van der Waals surface area contributed by atoms with Crippen LogP contribution in [-0.4, -0.2) is 52.4 Å². The molecule has 59 heavy (non-hydrogen) atoms. The van der Waals surface area contributed by atoms with Gasteiger partial charge >= 0.3 is 17.9 Å². The largest absolute Gasteiger partial charge is 0.493 e. The monoisotopic (exact) mass is 832 g/mol. The fourth-order valence-electron chi connectivity index (χ4n) is 7.65. The molecular weight excluding hydrogens is 787 g/mol. The number of methoxy groups -OCH3 is 3. The molecule has 0 saturated heterocycles. The number of aryl methyl sites for hydroxylation is 1. The fourth-order valence-corrected chi connectivity index (χ4v) is 8.27. The molecule has 1 unspecified atom stereocenters. The highest BCUT2D eigenvalue weighted by molar-refractivity contribution is 6.36. The Balaban J connectivity index is 1.26. The summed E-state index contributed by atoms with van der Waals surface area (Å²) in [5, 5.41) is 7.55. The Morgan fingerprint density at radius 1 is 0.627 bits per heavy atom.